The number of unbranched alkanes of at least 4 members (excludes halogenated alkanes) is 3. The summed E-state index contributed by atoms with van der Waals surface area (Å²) < 4.78 is 52.0. The van der Waals surface area contributed by atoms with Crippen LogP contribution in [0.5, 0.6) is 0 Å². The van der Waals surface area contributed by atoms with Gasteiger partial charge in [0, 0.05) is 6.54 Å². The van der Waals surface area contributed by atoms with Gasteiger partial charge in [-0.25, -0.2) is 24.4 Å². The number of anilines is 2. The Hall–Kier alpha value is -4.07. The molecule has 4 rings (SSSR count). The third kappa shape index (κ3) is 6.62. The van der Waals surface area contributed by atoms with Crippen molar-refractivity contribution in [3.63, 3.8) is 0 Å². The Labute approximate surface area is 217 Å². The van der Waals surface area contributed by atoms with Gasteiger partial charge >= 0.3 is 6.18 Å². The number of nitrogens with one attached hydrogen (secondary N) is 1. The summed E-state index contributed by atoms with van der Waals surface area (Å²) in [5.74, 6) is -0.453. The van der Waals surface area contributed by atoms with E-state index in [0.29, 0.717) is 12.1 Å². The molecule has 5 N–H and O–H groups in total. The number of hydrogen-bond acceptors (Lipinski definition) is 8. The molecule has 0 amide bonds. The number of nitrogens with zero attached hydrogens (tertiary/aromatic N) is 5. The van der Waals surface area contributed by atoms with Crippen LogP contribution in [0, 0.1) is 5.82 Å². The molecular weight excluding hydrogens is 532 g/mol. The predicted molar refractivity (Wildman–Crippen MR) is 135 cm³/mol. The summed E-state index contributed by atoms with van der Waals surface area (Å²) in [5, 5.41) is 5.16. The van der Waals surface area contributed by atoms with Crippen molar-refractivity contribution >= 4 is 34.0 Å². The van der Waals surface area contributed by atoms with E-state index in [1.54, 1.807) is 5.10 Å². The van der Waals surface area contributed by atoms with Crippen LogP contribution in [0.25, 0.3) is 22.3 Å². The zero-order valence-corrected chi connectivity index (χ0v) is 20.8. The lowest BCUT2D eigenvalue weighted by atomic mass is 10.1. The largest absolute Gasteiger partial charge is 0.423 e. The number of rotatable bonds is 6. The molecule has 3 heterocycles. The van der Waals surface area contributed by atoms with Gasteiger partial charge in [0.2, 0.25) is 0 Å². The zero-order valence-electron chi connectivity index (χ0n) is 20.0. The molecule has 0 bridgehead atoms. The van der Waals surface area contributed by atoms with Crippen molar-refractivity contribution in [1.82, 2.24) is 29.7 Å². The molecule has 10 nitrogen and oxygen atoms in total. The number of benzene rings is 1. The first-order chi connectivity index (χ1) is 17.9. The third-order valence-electron chi connectivity index (χ3n) is 5.35. The van der Waals surface area contributed by atoms with E-state index in [0.717, 1.165) is 31.9 Å². The smallest absolute Gasteiger partial charge is 0.397 e. The highest BCUT2D eigenvalue weighted by Gasteiger charge is 2.36. The molecular formula is C23H23ClF4N8O2. The molecule has 3 aromatic heterocycles. The minimum atomic E-state index is -4.74. The number of aryl methyl sites for hydroxylation is 1. The first kappa shape index (κ1) is 28.5. The molecule has 1 aromatic carbocycles. The second kappa shape index (κ2) is 12.0. The van der Waals surface area contributed by atoms with Crippen LogP contribution in [0.4, 0.5) is 29.1 Å². The second-order valence-electron chi connectivity index (χ2n) is 8.11. The maximum atomic E-state index is 14.6. The number of nitrogens with two attached hydrogens (primary N) is 2. The van der Waals surface area contributed by atoms with Crippen LogP contribution in [0.3, 0.4) is 0 Å². The average Bonchev–Trinajstić information content (AvgIpc) is 2.84. The van der Waals surface area contributed by atoms with Crippen LogP contribution < -0.4 is 22.6 Å². The van der Waals surface area contributed by atoms with Crippen molar-refractivity contribution < 1.29 is 17.6 Å². The lowest BCUT2D eigenvalue weighted by Crippen LogP contribution is -2.24. The number of hydrogen-bond donors (Lipinski definition) is 3. The minimum absolute atomic E-state index is 0.0617. The quantitative estimate of drug-likeness (QED) is 0.236. The number of nitrogen functional groups attached to an aromatic ring is 2. The fourth-order valence-electron chi connectivity index (χ4n) is 3.43. The number of aromatic nitrogens is 6. The molecule has 0 fully saturated rings. The van der Waals surface area contributed by atoms with Crippen molar-refractivity contribution in [3.8, 4) is 11.4 Å². The van der Waals surface area contributed by atoms with E-state index < -0.39 is 28.8 Å². The summed E-state index contributed by atoms with van der Waals surface area (Å²) in [4.78, 5) is 35.4. The summed E-state index contributed by atoms with van der Waals surface area (Å²) in [7, 11) is 0. The van der Waals surface area contributed by atoms with Crippen LogP contribution in [-0.4, -0.2) is 29.7 Å². The van der Waals surface area contributed by atoms with E-state index in [9.17, 15) is 27.2 Å². The summed E-state index contributed by atoms with van der Waals surface area (Å²) in [6.07, 6.45) is 2.99. The Kier molecular flexibility index (Phi) is 8.99. The number of alkyl halides is 3. The maximum absolute atomic E-state index is 14.6. The summed E-state index contributed by atoms with van der Waals surface area (Å²) in [6, 6.07) is 2.63. The molecule has 0 spiro atoms. The highest BCUT2D eigenvalue weighted by atomic mass is 35.5. The summed E-state index contributed by atoms with van der Waals surface area (Å²) >= 11 is 5.80. The highest BCUT2D eigenvalue weighted by Crippen LogP contribution is 2.29. The van der Waals surface area contributed by atoms with Crippen LogP contribution in [0.1, 0.15) is 38.2 Å². The predicted octanol–water partition coefficient (Wildman–Crippen LogP) is 4.18. The normalized spacial score (nSPS) is 11.3. The molecule has 0 aliphatic carbocycles. The topological polar surface area (TPSA) is 158 Å². The average molecular weight is 555 g/mol. The van der Waals surface area contributed by atoms with Gasteiger partial charge in [-0.2, -0.15) is 18.3 Å². The van der Waals surface area contributed by atoms with E-state index in [1.807, 2.05) is 0 Å². The van der Waals surface area contributed by atoms with Gasteiger partial charge in [-0.15, -0.1) is 0 Å². The Bertz CT molecular complexity index is 1560. The molecule has 0 aliphatic rings. The Morgan fingerprint density at radius 3 is 2.42 bits per heavy atom. The Morgan fingerprint density at radius 2 is 1.82 bits per heavy atom. The molecule has 0 saturated heterocycles. The zero-order chi connectivity index (χ0) is 28.0. The van der Waals surface area contributed by atoms with Gasteiger partial charge in [-0.3, -0.25) is 14.2 Å². The fourth-order valence-corrected chi connectivity index (χ4v) is 3.52. The number of fused-ring (bicyclic) bond motifs is 1. The molecule has 38 heavy (non-hydrogen) atoms. The number of aromatic amines is 1. The van der Waals surface area contributed by atoms with E-state index in [1.165, 1.54) is 29.2 Å². The molecule has 4 aromatic rings. The lowest BCUT2D eigenvalue weighted by molar-refractivity contribution is -0.138. The van der Waals surface area contributed by atoms with Gasteiger partial charge in [0.25, 0.3) is 11.1 Å². The monoisotopic (exact) mass is 554 g/mol. The lowest BCUT2D eigenvalue weighted by Gasteiger charge is -2.08. The Morgan fingerprint density at radius 1 is 1.08 bits per heavy atom. The van der Waals surface area contributed by atoms with Crippen molar-refractivity contribution in [3.05, 3.63) is 68.0 Å². The summed E-state index contributed by atoms with van der Waals surface area (Å²) in [5.41, 5.74) is 7.40. The van der Waals surface area contributed by atoms with Crippen molar-refractivity contribution in [2.75, 3.05) is 11.5 Å². The van der Waals surface area contributed by atoms with Gasteiger partial charge in [0.1, 0.15) is 22.2 Å². The molecule has 0 aliphatic heterocycles. The van der Waals surface area contributed by atoms with Gasteiger partial charge in [-0.05, 0) is 18.6 Å². The molecule has 202 valence electrons. The second-order valence-corrected chi connectivity index (χ2v) is 8.51. The highest BCUT2D eigenvalue weighted by molar-refractivity contribution is 6.32. The van der Waals surface area contributed by atoms with Crippen LogP contribution in [0.15, 0.2) is 40.4 Å². The number of halogens is 5. The van der Waals surface area contributed by atoms with Crippen molar-refractivity contribution in [1.29, 1.82) is 0 Å². The van der Waals surface area contributed by atoms with Gasteiger partial charge in [0.05, 0.1) is 40.9 Å². The molecule has 0 unspecified atom stereocenters. The molecule has 0 saturated carbocycles. The minimum Gasteiger partial charge on any atom is -0.397 e. The van der Waals surface area contributed by atoms with Gasteiger partial charge in [-0.1, -0.05) is 37.8 Å². The van der Waals surface area contributed by atoms with Gasteiger partial charge in [0.15, 0.2) is 5.82 Å². The van der Waals surface area contributed by atoms with Crippen molar-refractivity contribution in [2.24, 2.45) is 0 Å². The maximum Gasteiger partial charge on any atom is 0.423 e. The van der Waals surface area contributed by atoms with E-state index in [4.69, 9.17) is 23.1 Å². The van der Waals surface area contributed by atoms with Crippen molar-refractivity contribution in [2.45, 2.75) is 45.3 Å². The SMILES string of the molecule is CCCCCCn1cnc2cc(-c3ncc(Cl)c(N)n3)c(F)cc2c1=O.Nc1cn[nH]c(=O)c1C(F)(F)F. The van der Waals surface area contributed by atoms with Gasteiger partial charge < -0.3 is 11.5 Å². The van der Waals surface area contributed by atoms with Crippen LogP contribution in [-0.2, 0) is 12.7 Å². The number of H-pyrrole nitrogens is 1. The first-order valence-electron chi connectivity index (χ1n) is 11.3. The fraction of sp³-hybridized carbons (Fsp3) is 0.304. The van der Waals surface area contributed by atoms with Crippen LogP contribution in [0.2, 0.25) is 5.02 Å². The molecule has 0 radical (unpaired) electrons. The van der Waals surface area contributed by atoms with E-state index in [-0.39, 0.29) is 33.2 Å². The third-order valence-corrected chi connectivity index (χ3v) is 5.64. The molecule has 15 heteroatoms. The first-order valence-corrected chi connectivity index (χ1v) is 11.7. The summed E-state index contributed by atoms with van der Waals surface area (Å²) in [6.45, 7) is 2.70. The van der Waals surface area contributed by atoms with E-state index >= 15 is 0 Å². The molecule has 0 atom stereocenters. The Balaban J connectivity index is 0.000000279. The standard InChI is InChI=1S/C18H19ClFN5O.C5H4F3N3O/c1-2-3-4-5-6-25-10-23-15-8-11(14(20)7-12(15)18(25)26)17-22-9-13(19)16(21)24-17;6-5(7,8)3-2(9)1-10-11-4(3)12/h7-10H,2-6H2,1H3,(H2,21,22,24);1H,(H3,9,11,12). The van der Waals surface area contributed by atoms with Crippen LogP contribution >= 0.6 is 11.6 Å². The van der Waals surface area contributed by atoms with E-state index in [2.05, 4.69) is 27.0 Å².